The van der Waals surface area contributed by atoms with Crippen LogP contribution in [0.4, 0.5) is 5.69 Å². The summed E-state index contributed by atoms with van der Waals surface area (Å²) < 4.78 is 11.1. The van der Waals surface area contributed by atoms with Crippen LogP contribution < -0.4 is 9.47 Å². The van der Waals surface area contributed by atoms with Crippen molar-refractivity contribution in [2.45, 2.75) is 20.8 Å². The molecule has 5 nitrogen and oxygen atoms in total. The zero-order valence-corrected chi connectivity index (χ0v) is 12.7. The lowest BCUT2D eigenvalue weighted by Crippen LogP contribution is -2.05. The molecule has 0 radical (unpaired) electrons. The first-order chi connectivity index (χ1) is 9.92. The van der Waals surface area contributed by atoms with Crippen molar-refractivity contribution in [2.24, 2.45) is 5.92 Å². The van der Waals surface area contributed by atoms with Gasteiger partial charge in [-0.15, -0.1) is 0 Å². The summed E-state index contributed by atoms with van der Waals surface area (Å²) in [5, 5.41) is 12.7. The maximum Gasteiger partial charge on any atom is 0.272 e. The van der Waals surface area contributed by atoms with Crippen molar-refractivity contribution in [1.82, 2.24) is 0 Å². The van der Waals surface area contributed by atoms with E-state index in [-0.39, 0.29) is 10.6 Å². The standard InChI is InChI=1S/C16H19NO4/c1-10(2)9-21-16-8-13-6-14(17(18)19)11(3)5-12(13)7-15(16)20-4/h5-8,10H,9H2,1-4H3. The van der Waals surface area contributed by atoms with Gasteiger partial charge >= 0.3 is 0 Å². The number of nitro groups is 1. The molecule has 0 spiro atoms. The Kier molecular flexibility index (Phi) is 4.31. The largest absolute Gasteiger partial charge is 0.493 e. The predicted molar refractivity (Wildman–Crippen MR) is 82.2 cm³/mol. The van der Waals surface area contributed by atoms with Gasteiger partial charge in [0.05, 0.1) is 18.6 Å². The molecule has 2 rings (SSSR count). The molecule has 0 fully saturated rings. The van der Waals surface area contributed by atoms with Crippen LogP contribution in [0.3, 0.4) is 0 Å². The highest BCUT2D eigenvalue weighted by Gasteiger charge is 2.14. The highest BCUT2D eigenvalue weighted by atomic mass is 16.6. The number of hydrogen-bond donors (Lipinski definition) is 0. The number of benzene rings is 2. The van der Waals surface area contributed by atoms with E-state index in [2.05, 4.69) is 13.8 Å². The number of rotatable bonds is 5. The molecule has 0 amide bonds. The van der Waals surface area contributed by atoms with E-state index in [0.29, 0.717) is 29.6 Å². The van der Waals surface area contributed by atoms with Gasteiger partial charge in [0.2, 0.25) is 0 Å². The molecule has 0 unspecified atom stereocenters. The molecule has 0 aliphatic rings. The van der Waals surface area contributed by atoms with Crippen molar-refractivity contribution in [1.29, 1.82) is 0 Å². The minimum Gasteiger partial charge on any atom is -0.493 e. The Morgan fingerprint density at radius 1 is 1.14 bits per heavy atom. The molecule has 0 atom stereocenters. The predicted octanol–water partition coefficient (Wildman–Crippen LogP) is 4.10. The van der Waals surface area contributed by atoms with Crippen molar-refractivity contribution in [3.63, 3.8) is 0 Å². The Hall–Kier alpha value is -2.30. The van der Waals surface area contributed by atoms with E-state index >= 15 is 0 Å². The highest BCUT2D eigenvalue weighted by Crippen LogP contribution is 2.35. The maximum atomic E-state index is 11.0. The van der Waals surface area contributed by atoms with Crippen LogP contribution >= 0.6 is 0 Å². The van der Waals surface area contributed by atoms with Crippen LogP contribution in [0.1, 0.15) is 19.4 Å². The summed E-state index contributed by atoms with van der Waals surface area (Å²) in [5.74, 6) is 1.63. The lowest BCUT2D eigenvalue weighted by atomic mass is 10.0. The topological polar surface area (TPSA) is 61.6 Å². The van der Waals surface area contributed by atoms with Crippen molar-refractivity contribution >= 4 is 16.5 Å². The third-order valence-corrected chi connectivity index (χ3v) is 3.21. The first kappa shape index (κ1) is 15.1. The van der Waals surface area contributed by atoms with Crippen molar-refractivity contribution in [2.75, 3.05) is 13.7 Å². The molecule has 112 valence electrons. The van der Waals surface area contributed by atoms with E-state index in [9.17, 15) is 10.1 Å². The minimum absolute atomic E-state index is 0.113. The summed E-state index contributed by atoms with van der Waals surface area (Å²) in [4.78, 5) is 10.7. The Bertz CT molecular complexity index is 680. The fourth-order valence-corrected chi connectivity index (χ4v) is 2.14. The molecule has 0 saturated carbocycles. The maximum absolute atomic E-state index is 11.0. The van der Waals surface area contributed by atoms with Gasteiger partial charge in [-0.1, -0.05) is 13.8 Å². The molecule has 5 heteroatoms. The smallest absolute Gasteiger partial charge is 0.272 e. The van der Waals surface area contributed by atoms with Crippen LogP contribution in [0.5, 0.6) is 11.5 Å². The summed E-state index contributed by atoms with van der Waals surface area (Å²) >= 11 is 0. The average molecular weight is 289 g/mol. The van der Waals surface area contributed by atoms with E-state index in [0.717, 1.165) is 10.8 Å². The van der Waals surface area contributed by atoms with E-state index in [1.165, 1.54) is 0 Å². The van der Waals surface area contributed by atoms with Gasteiger partial charge in [-0.3, -0.25) is 10.1 Å². The first-order valence-electron chi connectivity index (χ1n) is 6.82. The van der Waals surface area contributed by atoms with Crippen molar-refractivity contribution < 1.29 is 14.4 Å². The molecular weight excluding hydrogens is 270 g/mol. The Morgan fingerprint density at radius 3 is 2.33 bits per heavy atom. The summed E-state index contributed by atoms with van der Waals surface area (Å²) in [6, 6.07) is 7.01. The summed E-state index contributed by atoms with van der Waals surface area (Å²) in [7, 11) is 1.58. The van der Waals surface area contributed by atoms with Crippen LogP contribution in [-0.2, 0) is 0 Å². The molecule has 2 aromatic carbocycles. The second-order valence-electron chi connectivity index (χ2n) is 5.45. The molecule has 0 saturated heterocycles. The lowest BCUT2D eigenvalue weighted by molar-refractivity contribution is -0.385. The zero-order chi connectivity index (χ0) is 15.6. The summed E-state index contributed by atoms with van der Waals surface area (Å²) in [5.41, 5.74) is 0.743. The fraction of sp³-hybridized carbons (Fsp3) is 0.375. The average Bonchev–Trinajstić information content (AvgIpc) is 2.43. The van der Waals surface area contributed by atoms with E-state index < -0.39 is 0 Å². The number of methoxy groups -OCH3 is 1. The quantitative estimate of drug-likeness (QED) is 0.614. The molecule has 0 aliphatic carbocycles. The summed E-state index contributed by atoms with van der Waals surface area (Å²) in [6.07, 6.45) is 0. The highest BCUT2D eigenvalue weighted by molar-refractivity contribution is 5.89. The molecule has 0 aliphatic heterocycles. The van der Waals surface area contributed by atoms with Crippen LogP contribution in [0.25, 0.3) is 10.8 Å². The van der Waals surface area contributed by atoms with Gasteiger partial charge in [0.25, 0.3) is 5.69 Å². The van der Waals surface area contributed by atoms with Gasteiger partial charge in [-0.25, -0.2) is 0 Å². The number of ether oxygens (including phenoxy) is 2. The van der Waals surface area contributed by atoms with E-state index in [1.807, 2.05) is 6.07 Å². The number of hydrogen-bond acceptors (Lipinski definition) is 4. The normalized spacial score (nSPS) is 10.9. The Labute approximate surface area is 123 Å². The molecule has 21 heavy (non-hydrogen) atoms. The number of nitro benzene ring substituents is 1. The van der Waals surface area contributed by atoms with Crippen LogP contribution in [-0.4, -0.2) is 18.6 Å². The number of nitrogens with zero attached hydrogens (tertiary/aromatic N) is 1. The monoisotopic (exact) mass is 289 g/mol. The Morgan fingerprint density at radius 2 is 1.76 bits per heavy atom. The fourth-order valence-electron chi connectivity index (χ4n) is 2.14. The van der Waals surface area contributed by atoms with E-state index in [4.69, 9.17) is 9.47 Å². The molecule has 2 aromatic rings. The van der Waals surface area contributed by atoms with Gasteiger partial charge in [-0.2, -0.15) is 0 Å². The second-order valence-corrected chi connectivity index (χ2v) is 5.45. The van der Waals surface area contributed by atoms with Crippen LogP contribution in [0, 0.1) is 23.0 Å². The Balaban J connectivity index is 2.54. The lowest BCUT2D eigenvalue weighted by Gasteiger charge is -2.14. The number of fused-ring (bicyclic) bond motifs is 1. The van der Waals surface area contributed by atoms with Gasteiger partial charge in [-0.05, 0) is 41.8 Å². The van der Waals surface area contributed by atoms with Gasteiger partial charge < -0.3 is 9.47 Å². The van der Waals surface area contributed by atoms with Gasteiger partial charge in [0.1, 0.15) is 0 Å². The third-order valence-electron chi connectivity index (χ3n) is 3.21. The molecule has 0 N–H and O–H groups in total. The van der Waals surface area contributed by atoms with Crippen LogP contribution in [0.2, 0.25) is 0 Å². The molecular formula is C16H19NO4. The minimum atomic E-state index is -0.367. The van der Waals surface area contributed by atoms with Crippen molar-refractivity contribution in [3.8, 4) is 11.5 Å². The molecule has 0 bridgehead atoms. The van der Waals surface area contributed by atoms with Crippen LogP contribution in [0.15, 0.2) is 24.3 Å². The third kappa shape index (κ3) is 3.24. The first-order valence-corrected chi connectivity index (χ1v) is 6.82. The van der Waals surface area contributed by atoms with E-state index in [1.54, 1.807) is 32.2 Å². The SMILES string of the molecule is COc1cc2cc(C)c([N+](=O)[O-])cc2cc1OCC(C)C. The zero-order valence-electron chi connectivity index (χ0n) is 12.7. The second kappa shape index (κ2) is 5.99. The van der Waals surface area contributed by atoms with Crippen molar-refractivity contribution in [3.05, 3.63) is 39.9 Å². The summed E-state index contributed by atoms with van der Waals surface area (Å²) in [6.45, 7) is 6.41. The number of aryl methyl sites for hydroxylation is 1. The van der Waals surface area contributed by atoms with Gasteiger partial charge in [0, 0.05) is 11.6 Å². The molecule has 0 aromatic heterocycles. The van der Waals surface area contributed by atoms with Gasteiger partial charge in [0.15, 0.2) is 11.5 Å². The molecule has 0 heterocycles.